The molecule has 0 bridgehead atoms. The zero-order chi connectivity index (χ0) is 8.27. The number of rotatable bonds is 1. The fourth-order valence-corrected chi connectivity index (χ4v) is 1.09. The highest BCUT2D eigenvalue weighted by Gasteiger charge is 2.01. The van der Waals surface area contributed by atoms with Gasteiger partial charge in [-0.15, -0.1) is 0 Å². The Balaban J connectivity index is 2.92. The van der Waals surface area contributed by atoms with Crippen molar-refractivity contribution in [3.63, 3.8) is 0 Å². The van der Waals surface area contributed by atoms with Crippen molar-refractivity contribution in [2.45, 2.75) is 12.8 Å². The number of hydrogen-bond donors (Lipinski definition) is 0. The molecule has 0 heterocycles. The van der Waals surface area contributed by atoms with Crippen molar-refractivity contribution in [3.8, 4) is 6.07 Å². The first kappa shape index (κ1) is 8.29. The SMILES string of the molecule is C[C@H](C#N)c1ccc(Br)cc1. The fraction of sp³-hybridized carbons (Fsp3) is 0.222. The van der Waals surface area contributed by atoms with E-state index in [2.05, 4.69) is 22.0 Å². The van der Waals surface area contributed by atoms with E-state index in [4.69, 9.17) is 5.26 Å². The number of nitriles is 1. The molecule has 0 N–H and O–H groups in total. The summed E-state index contributed by atoms with van der Waals surface area (Å²) in [5.74, 6) is -0.0110. The Kier molecular flexibility index (Phi) is 2.67. The molecule has 56 valence electrons. The van der Waals surface area contributed by atoms with E-state index in [1.54, 1.807) is 0 Å². The minimum absolute atomic E-state index is 0.0110. The minimum atomic E-state index is -0.0110. The summed E-state index contributed by atoms with van der Waals surface area (Å²) >= 11 is 3.33. The maximum Gasteiger partial charge on any atom is 0.0700 e. The molecule has 0 aromatic heterocycles. The van der Waals surface area contributed by atoms with Gasteiger partial charge in [0.2, 0.25) is 0 Å². The molecule has 0 aliphatic heterocycles. The molecule has 0 radical (unpaired) electrons. The second kappa shape index (κ2) is 3.54. The lowest BCUT2D eigenvalue weighted by Crippen LogP contribution is -1.87. The van der Waals surface area contributed by atoms with Crippen LogP contribution in [0.2, 0.25) is 0 Å². The van der Waals surface area contributed by atoms with Gasteiger partial charge in [0.05, 0.1) is 12.0 Å². The number of halogens is 1. The zero-order valence-electron chi connectivity index (χ0n) is 6.21. The first-order chi connectivity index (χ1) is 5.24. The van der Waals surface area contributed by atoms with Crippen LogP contribution in [0.5, 0.6) is 0 Å². The van der Waals surface area contributed by atoms with Crippen LogP contribution in [0.15, 0.2) is 28.7 Å². The van der Waals surface area contributed by atoms with E-state index in [1.165, 1.54) is 0 Å². The van der Waals surface area contributed by atoms with Gasteiger partial charge in [-0.2, -0.15) is 5.26 Å². The molecule has 1 aromatic rings. The van der Waals surface area contributed by atoms with E-state index >= 15 is 0 Å². The van der Waals surface area contributed by atoms with Crippen LogP contribution < -0.4 is 0 Å². The largest absolute Gasteiger partial charge is 0.198 e. The monoisotopic (exact) mass is 209 g/mol. The van der Waals surface area contributed by atoms with Crippen LogP contribution in [-0.4, -0.2) is 0 Å². The van der Waals surface area contributed by atoms with Gasteiger partial charge in [0.15, 0.2) is 0 Å². The summed E-state index contributed by atoms with van der Waals surface area (Å²) in [6, 6.07) is 9.99. The van der Waals surface area contributed by atoms with E-state index in [0.717, 1.165) is 10.0 Å². The summed E-state index contributed by atoms with van der Waals surface area (Å²) in [4.78, 5) is 0. The average molecular weight is 210 g/mol. The van der Waals surface area contributed by atoms with Crippen molar-refractivity contribution in [1.82, 2.24) is 0 Å². The van der Waals surface area contributed by atoms with Crippen molar-refractivity contribution in [2.75, 3.05) is 0 Å². The lowest BCUT2D eigenvalue weighted by Gasteiger charge is -2.00. The number of hydrogen-bond acceptors (Lipinski definition) is 1. The molecule has 0 unspecified atom stereocenters. The quantitative estimate of drug-likeness (QED) is 0.698. The molecule has 1 rings (SSSR count). The molecule has 0 spiro atoms. The predicted molar refractivity (Wildman–Crippen MR) is 48.2 cm³/mol. The molecular formula is C9H8BrN. The Morgan fingerprint density at radius 2 is 1.91 bits per heavy atom. The molecule has 0 aliphatic rings. The molecule has 0 fully saturated rings. The van der Waals surface area contributed by atoms with Crippen LogP contribution in [0.1, 0.15) is 18.4 Å². The van der Waals surface area contributed by atoms with E-state index in [9.17, 15) is 0 Å². The van der Waals surface area contributed by atoms with Gasteiger partial charge in [-0.05, 0) is 24.6 Å². The third-order valence-corrected chi connectivity index (χ3v) is 2.09. The fourth-order valence-electron chi connectivity index (χ4n) is 0.826. The summed E-state index contributed by atoms with van der Waals surface area (Å²) in [6.45, 7) is 1.89. The molecule has 11 heavy (non-hydrogen) atoms. The van der Waals surface area contributed by atoms with E-state index < -0.39 is 0 Å². The molecule has 2 heteroatoms. The molecule has 0 saturated carbocycles. The van der Waals surface area contributed by atoms with Gasteiger partial charge in [-0.25, -0.2) is 0 Å². The highest BCUT2D eigenvalue weighted by molar-refractivity contribution is 9.10. The van der Waals surface area contributed by atoms with Gasteiger partial charge in [0, 0.05) is 4.47 Å². The van der Waals surface area contributed by atoms with Gasteiger partial charge in [-0.3, -0.25) is 0 Å². The van der Waals surface area contributed by atoms with E-state index in [-0.39, 0.29) is 5.92 Å². The zero-order valence-corrected chi connectivity index (χ0v) is 7.80. The topological polar surface area (TPSA) is 23.8 Å². The number of benzene rings is 1. The third kappa shape index (κ3) is 2.06. The lowest BCUT2D eigenvalue weighted by atomic mass is 10.0. The Morgan fingerprint density at radius 1 is 1.36 bits per heavy atom. The Hall–Kier alpha value is -0.810. The number of nitrogens with zero attached hydrogens (tertiary/aromatic N) is 1. The van der Waals surface area contributed by atoms with E-state index in [0.29, 0.717) is 0 Å². The van der Waals surface area contributed by atoms with Crippen molar-refractivity contribution in [2.24, 2.45) is 0 Å². The standard InChI is InChI=1S/C9H8BrN/c1-7(6-11)8-2-4-9(10)5-3-8/h2-5,7H,1H3/t7-/m1/s1. The van der Waals surface area contributed by atoms with Crippen molar-refractivity contribution in [3.05, 3.63) is 34.3 Å². The van der Waals surface area contributed by atoms with Gasteiger partial charge >= 0.3 is 0 Å². The summed E-state index contributed by atoms with van der Waals surface area (Å²) in [5, 5.41) is 8.60. The molecular weight excluding hydrogens is 202 g/mol. The Labute approximate surface area is 74.8 Å². The van der Waals surface area contributed by atoms with Crippen LogP contribution >= 0.6 is 15.9 Å². The molecule has 0 amide bonds. The van der Waals surface area contributed by atoms with Gasteiger partial charge in [0.1, 0.15) is 0 Å². The van der Waals surface area contributed by atoms with Gasteiger partial charge < -0.3 is 0 Å². The minimum Gasteiger partial charge on any atom is -0.198 e. The Morgan fingerprint density at radius 3 is 2.36 bits per heavy atom. The summed E-state index contributed by atoms with van der Waals surface area (Å²) in [7, 11) is 0. The maximum absolute atomic E-state index is 8.60. The second-order valence-electron chi connectivity index (χ2n) is 2.40. The first-order valence-corrected chi connectivity index (χ1v) is 4.18. The predicted octanol–water partition coefficient (Wildman–Crippen LogP) is 3.08. The van der Waals surface area contributed by atoms with Crippen LogP contribution in [0.25, 0.3) is 0 Å². The molecule has 1 nitrogen and oxygen atoms in total. The second-order valence-corrected chi connectivity index (χ2v) is 3.32. The average Bonchev–Trinajstić information content (AvgIpc) is 2.05. The summed E-state index contributed by atoms with van der Waals surface area (Å²) < 4.78 is 1.05. The van der Waals surface area contributed by atoms with Crippen LogP contribution in [0.3, 0.4) is 0 Å². The first-order valence-electron chi connectivity index (χ1n) is 3.39. The maximum atomic E-state index is 8.60. The van der Waals surface area contributed by atoms with E-state index in [1.807, 2.05) is 31.2 Å². The van der Waals surface area contributed by atoms with Crippen LogP contribution in [0, 0.1) is 11.3 Å². The Bertz CT molecular complexity index is 271. The molecule has 0 aliphatic carbocycles. The smallest absolute Gasteiger partial charge is 0.0700 e. The van der Waals surface area contributed by atoms with Crippen molar-refractivity contribution >= 4 is 15.9 Å². The normalized spacial score (nSPS) is 12.1. The highest BCUT2D eigenvalue weighted by atomic mass is 79.9. The van der Waals surface area contributed by atoms with Crippen LogP contribution in [0.4, 0.5) is 0 Å². The molecule has 1 atom stereocenters. The molecule has 0 saturated heterocycles. The van der Waals surface area contributed by atoms with Crippen LogP contribution in [-0.2, 0) is 0 Å². The van der Waals surface area contributed by atoms with Gasteiger partial charge in [-0.1, -0.05) is 28.1 Å². The molecule has 1 aromatic carbocycles. The summed E-state index contributed by atoms with van der Waals surface area (Å²) in [5.41, 5.74) is 1.07. The lowest BCUT2D eigenvalue weighted by molar-refractivity contribution is 0.981. The highest BCUT2D eigenvalue weighted by Crippen LogP contribution is 2.17. The summed E-state index contributed by atoms with van der Waals surface area (Å²) in [6.07, 6.45) is 0. The van der Waals surface area contributed by atoms with Crippen molar-refractivity contribution < 1.29 is 0 Å². The van der Waals surface area contributed by atoms with Crippen molar-refractivity contribution in [1.29, 1.82) is 5.26 Å². The van der Waals surface area contributed by atoms with Gasteiger partial charge in [0.25, 0.3) is 0 Å². The third-order valence-electron chi connectivity index (χ3n) is 1.56.